The van der Waals surface area contributed by atoms with E-state index in [1.165, 1.54) is 20.8 Å². The molecule has 0 spiro atoms. The largest absolute Gasteiger partial charge is 0.444 e. The van der Waals surface area contributed by atoms with Gasteiger partial charge in [-0.25, -0.2) is 9.18 Å². The molecule has 0 aromatic rings. The number of piperidine rings is 1. The summed E-state index contributed by atoms with van der Waals surface area (Å²) in [6.45, 7) is -3.16. The molecule has 0 saturated carbocycles. The first-order valence-corrected chi connectivity index (χ1v) is 4.26. The number of amides is 1. The fourth-order valence-corrected chi connectivity index (χ4v) is 0.756. The van der Waals surface area contributed by atoms with E-state index in [0.717, 1.165) is 0 Å². The van der Waals surface area contributed by atoms with Crippen LogP contribution in [0.3, 0.4) is 0 Å². The van der Waals surface area contributed by atoms with Crippen LogP contribution in [0.25, 0.3) is 0 Å². The fourth-order valence-electron chi connectivity index (χ4n) is 0.756. The third-order valence-corrected chi connectivity index (χ3v) is 1.32. The molecule has 1 heterocycles. The van der Waals surface area contributed by atoms with Crippen molar-refractivity contribution in [3.63, 3.8) is 0 Å². The summed E-state index contributed by atoms with van der Waals surface area (Å²) in [6, 6.07) is -3.63. The van der Waals surface area contributed by atoms with Crippen molar-refractivity contribution in [2.45, 2.75) is 44.9 Å². The number of nitrogens with two attached hydrogens (primary N) is 1. The third kappa shape index (κ3) is 3.66. The van der Waals surface area contributed by atoms with E-state index in [2.05, 4.69) is 0 Å². The van der Waals surface area contributed by atoms with E-state index in [4.69, 9.17) is 21.4 Å². The predicted molar refractivity (Wildman–Crippen MR) is 55.3 cm³/mol. The second-order valence-corrected chi connectivity index (χ2v) is 3.89. The second kappa shape index (κ2) is 4.35. The quantitative estimate of drug-likeness (QED) is 0.677. The summed E-state index contributed by atoms with van der Waals surface area (Å²) in [7, 11) is 0. The smallest absolute Gasteiger partial charge is 0.410 e. The van der Waals surface area contributed by atoms with Gasteiger partial charge >= 0.3 is 6.09 Å². The summed E-state index contributed by atoms with van der Waals surface area (Å²) in [4.78, 5) is 11.7. The Morgan fingerprint density at radius 2 is 2.33 bits per heavy atom. The van der Waals surface area contributed by atoms with Gasteiger partial charge in [-0.15, -0.1) is 0 Å². The van der Waals surface area contributed by atoms with Gasteiger partial charge < -0.3 is 15.4 Å². The van der Waals surface area contributed by atoms with Crippen molar-refractivity contribution < 1.29 is 24.9 Å². The van der Waals surface area contributed by atoms with Gasteiger partial charge in [0.25, 0.3) is 0 Å². The topological polar surface area (TPSA) is 55.6 Å². The zero-order valence-corrected chi connectivity index (χ0v) is 8.72. The van der Waals surface area contributed by atoms with Crippen molar-refractivity contribution >= 4 is 6.09 Å². The van der Waals surface area contributed by atoms with Crippen LogP contribution in [0, 0.1) is 0 Å². The van der Waals surface area contributed by atoms with Crippen LogP contribution in [0.5, 0.6) is 0 Å². The molecule has 0 aromatic carbocycles. The number of nitrogens with zero attached hydrogens (tertiary/aromatic N) is 1. The lowest BCUT2D eigenvalue weighted by Gasteiger charge is -2.34. The van der Waals surface area contributed by atoms with Crippen molar-refractivity contribution in [3.05, 3.63) is 0 Å². The Bertz CT molecular complexity index is 487. The molecule has 1 saturated heterocycles. The van der Waals surface area contributed by atoms with Crippen LogP contribution in [0.15, 0.2) is 0 Å². The van der Waals surface area contributed by atoms with Crippen molar-refractivity contribution in [1.29, 1.82) is 0 Å². The highest BCUT2D eigenvalue weighted by Crippen LogP contribution is 2.16. The summed E-state index contributed by atoms with van der Waals surface area (Å²) in [5, 5.41) is 0. The molecule has 0 radical (unpaired) electrons. The van der Waals surface area contributed by atoms with Gasteiger partial charge in [0.05, 0.1) is 10.6 Å². The first kappa shape index (κ1) is 4.99. The number of halogens is 1. The molecule has 4 nitrogen and oxygen atoms in total. The van der Waals surface area contributed by atoms with Crippen LogP contribution in [0.1, 0.15) is 38.1 Å². The lowest BCUT2D eigenvalue weighted by atomic mass is 10.0. The van der Waals surface area contributed by atoms with Gasteiger partial charge in [0.1, 0.15) is 11.7 Å². The standard InChI is InChI=1S/C10H19FN2O2/c1-10(2,3)15-9(14)13-5-4-8(12)7(11)6-13/h7-8H,4-6,12H2,1-3H3/i4D2,5D2,6D2,7D,8D. The average Bonchev–Trinajstić information content (AvgIpc) is 2.22. The van der Waals surface area contributed by atoms with Gasteiger partial charge in [-0.1, -0.05) is 0 Å². The molecule has 0 aliphatic carbocycles. The van der Waals surface area contributed by atoms with E-state index >= 15 is 0 Å². The molecule has 2 unspecified atom stereocenters. The summed E-state index contributed by atoms with van der Waals surface area (Å²) < 4.78 is 80.4. The molecular weight excluding hydrogens is 199 g/mol. The molecule has 1 fully saturated rings. The number of likely N-dealkylation sites (tertiary alicyclic amines) is 1. The highest BCUT2D eigenvalue weighted by Gasteiger charge is 2.31. The Labute approximate surface area is 101 Å². The number of carbonyl (C=O) groups excluding carboxylic acids is 1. The number of alkyl halides is 1. The van der Waals surface area contributed by atoms with Crippen LogP contribution < -0.4 is 5.73 Å². The van der Waals surface area contributed by atoms with E-state index in [-0.39, 0.29) is 0 Å². The summed E-state index contributed by atoms with van der Waals surface area (Å²) in [6.07, 6.45) is -9.49. The molecule has 1 aliphatic heterocycles. The van der Waals surface area contributed by atoms with Gasteiger partial charge in [0.2, 0.25) is 0 Å². The number of hydrogen-bond acceptors (Lipinski definition) is 3. The lowest BCUT2D eigenvalue weighted by molar-refractivity contribution is 0.0116. The Morgan fingerprint density at radius 1 is 1.73 bits per heavy atom. The van der Waals surface area contributed by atoms with Crippen LogP contribution in [-0.2, 0) is 4.74 Å². The monoisotopic (exact) mass is 226 g/mol. The minimum atomic E-state index is -4.17. The van der Waals surface area contributed by atoms with Gasteiger partial charge in [-0.3, -0.25) is 0 Å². The van der Waals surface area contributed by atoms with Gasteiger partial charge in [0, 0.05) is 19.4 Å². The Kier molecular flexibility index (Phi) is 1.45. The van der Waals surface area contributed by atoms with Gasteiger partial charge in [-0.2, -0.15) is 0 Å². The zero-order valence-electron chi connectivity index (χ0n) is 16.7. The van der Waals surface area contributed by atoms with Crippen LogP contribution in [0.4, 0.5) is 9.18 Å². The van der Waals surface area contributed by atoms with E-state index < -0.39 is 48.1 Å². The molecule has 15 heavy (non-hydrogen) atoms. The molecule has 2 atom stereocenters. The normalized spacial score (nSPS) is 55.4. The predicted octanol–water partition coefficient (Wildman–Crippen LogP) is 1.29. The molecular formula is C10H19FN2O2. The highest BCUT2D eigenvalue weighted by atomic mass is 19.1. The second-order valence-electron chi connectivity index (χ2n) is 3.89. The molecule has 1 aliphatic rings. The highest BCUT2D eigenvalue weighted by molar-refractivity contribution is 5.68. The third-order valence-electron chi connectivity index (χ3n) is 1.32. The Morgan fingerprint density at radius 3 is 2.87 bits per heavy atom. The SMILES string of the molecule is [2H]C1([2H])N(C(=O)OC(C)(C)C)C([2H])([2H])C([2H])(F)C([2H])(N)C1([2H])[2H]. The Balaban J connectivity index is 3.60. The average molecular weight is 226 g/mol. The van der Waals surface area contributed by atoms with E-state index in [1.54, 1.807) is 0 Å². The molecule has 1 amide bonds. The fraction of sp³-hybridized carbons (Fsp3) is 0.900. The van der Waals surface area contributed by atoms with Crippen LogP contribution in [-0.4, -0.2) is 41.8 Å². The number of hydrogen-bond donors (Lipinski definition) is 1. The van der Waals surface area contributed by atoms with Crippen molar-refractivity contribution in [3.8, 4) is 0 Å². The zero-order chi connectivity index (χ0) is 18.9. The summed E-state index contributed by atoms with van der Waals surface area (Å²) in [5.41, 5.74) is 3.93. The maximum absolute atomic E-state index is 14.6. The summed E-state index contributed by atoms with van der Waals surface area (Å²) >= 11 is 0. The van der Waals surface area contributed by atoms with E-state index in [0.29, 0.717) is 0 Å². The number of carbonyl (C=O) groups is 1. The first-order chi connectivity index (χ1) is 9.75. The first-order valence-electron chi connectivity index (χ1n) is 8.26. The maximum atomic E-state index is 14.6. The van der Waals surface area contributed by atoms with Gasteiger partial charge in [0.15, 0.2) is 0 Å². The molecule has 2 N–H and O–H groups in total. The molecule has 5 heteroatoms. The molecule has 88 valence electrons. The molecule has 0 aromatic heterocycles. The molecule has 0 bridgehead atoms. The Hall–Kier alpha value is -0.840. The lowest BCUT2D eigenvalue weighted by Crippen LogP contribution is -2.51. The van der Waals surface area contributed by atoms with Crippen molar-refractivity contribution in [2.75, 3.05) is 13.0 Å². The van der Waals surface area contributed by atoms with Crippen LogP contribution in [0.2, 0.25) is 0 Å². The van der Waals surface area contributed by atoms with Crippen molar-refractivity contribution in [2.24, 2.45) is 5.73 Å². The minimum absolute atomic E-state index is 0.474. The van der Waals surface area contributed by atoms with Crippen molar-refractivity contribution in [1.82, 2.24) is 4.90 Å². The van der Waals surface area contributed by atoms with Gasteiger partial charge in [-0.05, 0) is 27.1 Å². The number of ether oxygens (including phenoxy) is 1. The van der Waals surface area contributed by atoms with E-state index in [9.17, 15) is 9.18 Å². The van der Waals surface area contributed by atoms with Crippen LogP contribution >= 0.6 is 0 Å². The molecule has 1 rings (SSSR count). The summed E-state index contributed by atoms with van der Waals surface area (Å²) in [5.74, 6) is 0. The van der Waals surface area contributed by atoms with E-state index in [1.807, 2.05) is 0 Å². The minimum Gasteiger partial charge on any atom is -0.444 e. The maximum Gasteiger partial charge on any atom is 0.410 e. The number of rotatable bonds is 0.